The fourth-order valence-electron chi connectivity index (χ4n) is 5.62. The van der Waals surface area contributed by atoms with Crippen molar-refractivity contribution in [2.75, 3.05) is 40.4 Å². The van der Waals surface area contributed by atoms with Gasteiger partial charge in [0.05, 0.1) is 50.8 Å². The number of nitrogens with zero attached hydrogens (tertiary/aromatic N) is 4. The summed E-state index contributed by atoms with van der Waals surface area (Å²) in [6.45, 7) is -2.35. The van der Waals surface area contributed by atoms with Crippen molar-refractivity contribution < 1.29 is 82.5 Å². The van der Waals surface area contributed by atoms with E-state index < -0.39 is 78.6 Å². The third-order valence-electron chi connectivity index (χ3n) is 7.79. The quantitative estimate of drug-likeness (QED) is 0.0657. The van der Waals surface area contributed by atoms with Crippen LogP contribution in [0.2, 0.25) is 0 Å². The van der Waals surface area contributed by atoms with Gasteiger partial charge in [-0.15, -0.1) is 0 Å². The first-order valence-electron chi connectivity index (χ1n) is 15.0. The maximum atomic E-state index is 12.3. The molecule has 4 aromatic rings. The molecule has 2 aromatic carbocycles. The van der Waals surface area contributed by atoms with E-state index in [9.17, 15) is 56.0 Å². The summed E-state index contributed by atoms with van der Waals surface area (Å²) in [4.78, 5) is 33.8. The van der Waals surface area contributed by atoms with Gasteiger partial charge in [-0.25, -0.2) is 0 Å². The fourth-order valence-corrected chi connectivity index (χ4v) is 6.87. The summed E-state index contributed by atoms with van der Waals surface area (Å²) < 4.78 is 79.3. The number of aliphatic carboxylic acids is 2. The van der Waals surface area contributed by atoms with Crippen LogP contribution in [0.4, 0.5) is 0 Å². The van der Waals surface area contributed by atoms with Crippen LogP contribution in [0.3, 0.4) is 0 Å². The van der Waals surface area contributed by atoms with Crippen LogP contribution in [-0.2, 0) is 46.9 Å². The van der Waals surface area contributed by atoms with Crippen molar-refractivity contribution in [3.8, 4) is 23.0 Å². The van der Waals surface area contributed by atoms with Crippen LogP contribution < -0.4 is 9.47 Å². The number of ether oxygens (including phenoxy) is 2. The van der Waals surface area contributed by atoms with E-state index in [0.29, 0.717) is 0 Å². The number of phenolic OH excluding ortho intramolecular Hbond substituents is 2. The number of phenols is 2. The zero-order valence-electron chi connectivity index (χ0n) is 27.8. The van der Waals surface area contributed by atoms with Gasteiger partial charge in [-0.1, -0.05) is 12.1 Å². The van der Waals surface area contributed by atoms with Crippen LogP contribution in [-0.4, -0.2) is 118 Å². The molecule has 2 aromatic heterocycles. The summed E-state index contributed by atoms with van der Waals surface area (Å²) in [7, 11) is -7.71. The van der Waals surface area contributed by atoms with Crippen molar-refractivity contribution in [3.63, 3.8) is 0 Å². The molecule has 4 rings (SSSR count). The maximum absolute atomic E-state index is 12.3. The molecule has 0 aliphatic carbocycles. The summed E-state index contributed by atoms with van der Waals surface area (Å²) >= 11 is 0. The molecule has 0 amide bonds. The van der Waals surface area contributed by atoms with Crippen molar-refractivity contribution in [1.29, 1.82) is 0 Å². The molecule has 18 nitrogen and oxygen atoms in total. The van der Waals surface area contributed by atoms with Crippen LogP contribution in [0.1, 0.15) is 34.6 Å². The predicted molar refractivity (Wildman–Crippen MR) is 180 cm³/mol. The second-order valence-electron chi connectivity index (χ2n) is 11.1. The van der Waals surface area contributed by atoms with E-state index in [1.165, 1.54) is 60.7 Å². The average Bonchev–Trinajstić information content (AvgIpc) is 3.08. The molecule has 1 unspecified atom stereocenters. The molecule has 2 heterocycles. The SMILES string of the molecule is COc1cc(C(c2ccccn2)N(CCN(CC(=O)O)[C@H](c2ccccn2)c2cc(OC)cc(S(=O)(=O)O)c2O)CC(=O)O)c(O)c(S(=O)(=O)O)c1.[Mn+2]. The molecule has 0 saturated carbocycles. The number of rotatable bonds is 17. The van der Waals surface area contributed by atoms with E-state index in [0.717, 1.165) is 12.1 Å². The number of methoxy groups -OCH3 is 2. The smallest absolute Gasteiger partial charge is 0.506 e. The normalized spacial score (nSPS) is 12.9. The minimum absolute atomic E-state index is 0. The molecular weight excluding hydrogens is 783 g/mol. The number of benzene rings is 2. The Bertz CT molecular complexity index is 1990. The number of aromatic nitrogens is 2. The summed E-state index contributed by atoms with van der Waals surface area (Å²) in [5.41, 5.74) is -0.298. The van der Waals surface area contributed by atoms with E-state index in [-0.39, 0.29) is 64.2 Å². The van der Waals surface area contributed by atoms with Crippen LogP contribution in [0.15, 0.2) is 82.8 Å². The van der Waals surface area contributed by atoms with Crippen LogP contribution in [0, 0.1) is 0 Å². The largest absolute Gasteiger partial charge is 2.00 e. The van der Waals surface area contributed by atoms with Crippen molar-refractivity contribution in [1.82, 2.24) is 19.8 Å². The van der Waals surface area contributed by atoms with Gasteiger partial charge in [0.25, 0.3) is 20.2 Å². The molecule has 0 fully saturated rings. The Kier molecular flexibility index (Phi) is 14.3. The predicted octanol–water partition coefficient (Wildman–Crippen LogP) is 2.05. The van der Waals surface area contributed by atoms with E-state index >= 15 is 0 Å². The molecule has 0 aliphatic heterocycles. The first kappa shape index (κ1) is 42.6. The van der Waals surface area contributed by atoms with Gasteiger partial charge in [-0.3, -0.25) is 38.5 Å². The minimum Gasteiger partial charge on any atom is -0.506 e. The number of pyridine rings is 2. The molecule has 0 spiro atoms. The first-order chi connectivity index (χ1) is 24.5. The third kappa shape index (κ3) is 10.4. The van der Waals surface area contributed by atoms with Crippen LogP contribution in [0.25, 0.3) is 0 Å². The second kappa shape index (κ2) is 17.8. The van der Waals surface area contributed by atoms with E-state index in [1.54, 1.807) is 24.3 Å². The van der Waals surface area contributed by atoms with E-state index in [2.05, 4.69) is 9.97 Å². The summed E-state index contributed by atoms with van der Waals surface area (Å²) in [5.74, 6) is -4.95. The van der Waals surface area contributed by atoms with Gasteiger partial charge in [-0.2, -0.15) is 16.8 Å². The molecule has 53 heavy (non-hydrogen) atoms. The molecule has 6 N–H and O–H groups in total. The Hall–Kier alpha value is -4.86. The molecule has 283 valence electrons. The molecule has 1 radical (unpaired) electrons. The van der Waals surface area contributed by atoms with Crippen molar-refractivity contribution in [2.24, 2.45) is 0 Å². The number of aromatic hydroxyl groups is 2. The van der Waals surface area contributed by atoms with Gasteiger partial charge in [0, 0.05) is 48.7 Å². The van der Waals surface area contributed by atoms with Gasteiger partial charge in [0.15, 0.2) is 0 Å². The molecule has 2 atom stereocenters. The second-order valence-corrected chi connectivity index (χ2v) is 13.9. The number of hydrogen-bond acceptors (Lipinski definition) is 14. The van der Waals surface area contributed by atoms with Gasteiger partial charge in [0.1, 0.15) is 32.8 Å². The Labute approximate surface area is 314 Å². The molecule has 0 aliphatic rings. The number of hydrogen-bond donors (Lipinski definition) is 6. The maximum Gasteiger partial charge on any atom is 2.00 e. The van der Waals surface area contributed by atoms with Crippen LogP contribution >= 0.6 is 0 Å². The summed E-state index contributed by atoms with van der Waals surface area (Å²) in [5, 5.41) is 42.5. The van der Waals surface area contributed by atoms with Gasteiger partial charge in [-0.05, 0) is 36.4 Å². The average molecular weight is 818 g/mol. The minimum atomic E-state index is -5.05. The molecule has 21 heteroatoms. The zero-order chi connectivity index (χ0) is 38.4. The number of carboxylic acid groups (broad SMARTS) is 2. The van der Waals surface area contributed by atoms with Gasteiger partial charge < -0.3 is 29.9 Å². The molecular formula is C32H34MnN4O14S2+2. The fraction of sp³-hybridized carbons (Fsp3) is 0.250. The monoisotopic (exact) mass is 817 g/mol. The van der Waals surface area contributed by atoms with E-state index in [4.69, 9.17) is 9.47 Å². The zero-order valence-corrected chi connectivity index (χ0v) is 30.7. The van der Waals surface area contributed by atoms with Crippen molar-refractivity contribution in [2.45, 2.75) is 21.9 Å². The van der Waals surface area contributed by atoms with Crippen molar-refractivity contribution >= 4 is 32.2 Å². The molecule has 0 bridgehead atoms. The number of carbonyl (C=O) groups is 2. The Morgan fingerprint density at radius 1 is 0.679 bits per heavy atom. The first-order valence-corrected chi connectivity index (χ1v) is 17.8. The molecule has 0 saturated heterocycles. The number of carboxylic acids is 2. The topological polar surface area (TPSA) is 275 Å². The van der Waals surface area contributed by atoms with Crippen LogP contribution in [0.5, 0.6) is 23.0 Å². The van der Waals surface area contributed by atoms with Gasteiger partial charge in [0.2, 0.25) is 0 Å². The summed E-state index contributed by atoms with van der Waals surface area (Å²) in [6, 6.07) is 10.5. The van der Waals surface area contributed by atoms with Gasteiger partial charge >= 0.3 is 29.0 Å². The standard InChI is InChI=1S/C32H34N4O14S2.Mn/c1-49-19-13-21(31(41)25(15-19)51(43,44)45)29(23-7-3-5-9-33-23)35(17-27(37)38)11-12-36(18-28(39)40)30(24-8-4-6-10-34-24)22-14-20(50-2)16-26(32(22)42)52(46,47)48;/h3-10,13-16,29-30,41-42H,11-12,17-18H2,1-2H3,(H,37,38)(H,39,40)(H,43,44,45)(H,46,47,48);/q;+2/t29-,30?;/m0./s1. The van der Waals surface area contributed by atoms with E-state index in [1.807, 2.05) is 0 Å². The Balaban J connectivity index is 0.00000756. The van der Waals surface area contributed by atoms with Crippen molar-refractivity contribution in [3.05, 3.63) is 95.6 Å². The Morgan fingerprint density at radius 3 is 1.30 bits per heavy atom. The summed E-state index contributed by atoms with van der Waals surface area (Å²) in [6.07, 6.45) is 2.71. The third-order valence-corrected chi connectivity index (χ3v) is 9.52. The Morgan fingerprint density at radius 2 is 1.04 bits per heavy atom.